The van der Waals surface area contributed by atoms with Crippen LogP contribution in [0.5, 0.6) is 0 Å². The Bertz CT molecular complexity index is 383. The van der Waals surface area contributed by atoms with E-state index < -0.39 is 5.82 Å². The minimum absolute atomic E-state index is 0.108. The fraction of sp³-hybridized carbons (Fsp3) is 0.400. The van der Waals surface area contributed by atoms with E-state index in [1.807, 2.05) is 0 Å². The van der Waals surface area contributed by atoms with Crippen molar-refractivity contribution in [2.45, 2.75) is 6.42 Å². The Kier molecular flexibility index (Phi) is 2.64. The predicted molar refractivity (Wildman–Crippen MR) is 53.7 cm³/mol. The molecule has 1 aliphatic rings. The Balaban J connectivity index is 2.25. The number of halogens is 1. The zero-order valence-electron chi connectivity index (χ0n) is 8.19. The fourth-order valence-corrected chi connectivity index (χ4v) is 1.72. The average Bonchev–Trinajstić information content (AvgIpc) is 2.60. The minimum Gasteiger partial charge on any atom is -0.330 e. The number of rotatable bonds is 2. The molecule has 0 aliphatic carbocycles. The van der Waals surface area contributed by atoms with Gasteiger partial charge < -0.3 is 5.73 Å². The summed E-state index contributed by atoms with van der Waals surface area (Å²) < 4.78 is 13.4. The van der Waals surface area contributed by atoms with E-state index in [2.05, 4.69) is 4.98 Å². The van der Waals surface area contributed by atoms with Crippen molar-refractivity contribution in [3.05, 3.63) is 24.1 Å². The molecule has 1 unspecified atom stereocenters. The molecular weight excluding hydrogens is 197 g/mol. The van der Waals surface area contributed by atoms with Crippen LogP contribution in [-0.2, 0) is 4.79 Å². The first-order valence-corrected chi connectivity index (χ1v) is 4.83. The normalized spacial score (nSPS) is 21.1. The monoisotopic (exact) mass is 209 g/mol. The van der Waals surface area contributed by atoms with Crippen LogP contribution in [0, 0.1) is 11.7 Å². The second kappa shape index (κ2) is 3.94. The maximum absolute atomic E-state index is 13.4. The molecule has 80 valence electrons. The van der Waals surface area contributed by atoms with Gasteiger partial charge in [0.2, 0.25) is 5.91 Å². The Morgan fingerprint density at radius 3 is 3.07 bits per heavy atom. The van der Waals surface area contributed by atoms with Gasteiger partial charge in [-0.3, -0.25) is 9.69 Å². The standard InChI is InChI=1S/C10H12FN3O/c11-8-2-1-3-13-10(8)14-6-7(5-12)4-9(14)15/h1-3,7H,4-6,12H2. The smallest absolute Gasteiger partial charge is 0.228 e. The molecule has 1 aromatic heterocycles. The van der Waals surface area contributed by atoms with Crippen LogP contribution >= 0.6 is 0 Å². The first-order valence-electron chi connectivity index (χ1n) is 4.83. The van der Waals surface area contributed by atoms with E-state index in [9.17, 15) is 9.18 Å². The molecule has 1 aliphatic heterocycles. The molecule has 2 rings (SSSR count). The summed E-state index contributed by atoms with van der Waals surface area (Å²) in [6.07, 6.45) is 1.86. The molecule has 2 N–H and O–H groups in total. The Morgan fingerprint density at radius 1 is 1.67 bits per heavy atom. The van der Waals surface area contributed by atoms with Gasteiger partial charge in [0.15, 0.2) is 11.6 Å². The lowest BCUT2D eigenvalue weighted by molar-refractivity contribution is -0.117. The highest BCUT2D eigenvalue weighted by Gasteiger charge is 2.31. The van der Waals surface area contributed by atoms with Gasteiger partial charge in [0.25, 0.3) is 0 Å². The summed E-state index contributed by atoms with van der Waals surface area (Å²) >= 11 is 0. The van der Waals surface area contributed by atoms with Gasteiger partial charge in [-0.15, -0.1) is 0 Å². The van der Waals surface area contributed by atoms with E-state index in [1.165, 1.54) is 23.2 Å². The predicted octanol–water partition coefficient (Wildman–Crippen LogP) is 0.532. The van der Waals surface area contributed by atoms with E-state index in [1.54, 1.807) is 0 Å². The lowest BCUT2D eigenvalue weighted by Crippen LogP contribution is -2.27. The molecule has 4 nitrogen and oxygen atoms in total. The van der Waals surface area contributed by atoms with E-state index >= 15 is 0 Å². The van der Waals surface area contributed by atoms with Gasteiger partial charge in [-0.2, -0.15) is 0 Å². The SMILES string of the molecule is NCC1CC(=O)N(c2ncccc2F)C1. The minimum atomic E-state index is -0.469. The summed E-state index contributed by atoms with van der Waals surface area (Å²) in [6.45, 7) is 0.903. The first kappa shape index (κ1) is 10.0. The molecule has 1 fully saturated rings. The molecule has 1 atom stereocenters. The third-order valence-electron chi connectivity index (χ3n) is 2.53. The topological polar surface area (TPSA) is 59.2 Å². The van der Waals surface area contributed by atoms with Gasteiger partial charge in [0.1, 0.15) is 0 Å². The second-order valence-electron chi connectivity index (χ2n) is 3.62. The molecule has 0 spiro atoms. The molecule has 2 heterocycles. The number of pyridine rings is 1. The zero-order chi connectivity index (χ0) is 10.8. The molecule has 1 amide bonds. The average molecular weight is 209 g/mol. The number of nitrogens with zero attached hydrogens (tertiary/aromatic N) is 2. The maximum Gasteiger partial charge on any atom is 0.228 e. The van der Waals surface area contributed by atoms with Crippen LogP contribution < -0.4 is 10.6 Å². The Hall–Kier alpha value is -1.49. The van der Waals surface area contributed by atoms with Gasteiger partial charge in [0, 0.05) is 19.2 Å². The summed E-state index contributed by atoms with van der Waals surface area (Å²) in [5.74, 6) is -0.357. The molecule has 0 aromatic carbocycles. The van der Waals surface area contributed by atoms with Crippen molar-refractivity contribution in [3.63, 3.8) is 0 Å². The third-order valence-corrected chi connectivity index (χ3v) is 2.53. The van der Waals surface area contributed by atoms with Gasteiger partial charge in [-0.25, -0.2) is 9.37 Å². The summed E-state index contributed by atoms with van der Waals surface area (Å²) in [5, 5.41) is 0. The second-order valence-corrected chi connectivity index (χ2v) is 3.62. The largest absolute Gasteiger partial charge is 0.330 e. The van der Waals surface area contributed by atoms with Crippen LogP contribution in [0.1, 0.15) is 6.42 Å². The summed E-state index contributed by atoms with van der Waals surface area (Å²) in [4.78, 5) is 16.8. The molecule has 1 saturated heterocycles. The summed E-state index contributed by atoms with van der Waals surface area (Å²) in [5.41, 5.74) is 5.48. The number of hydrogen-bond donors (Lipinski definition) is 1. The molecule has 15 heavy (non-hydrogen) atoms. The molecule has 0 radical (unpaired) electrons. The van der Waals surface area contributed by atoms with Crippen LogP contribution in [-0.4, -0.2) is 24.0 Å². The Morgan fingerprint density at radius 2 is 2.47 bits per heavy atom. The number of nitrogens with two attached hydrogens (primary N) is 1. The highest BCUT2D eigenvalue weighted by atomic mass is 19.1. The molecule has 0 saturated carbocycles. The number of anilines is 1. The van der Waals surface area contributed by atoms with Crippen molar-refractivity contribution in [3.8, 4) is 0 Å². The molecular formula is C10H12FN3O. The van der Waals surface area contributed by atoms with Crippen LogP contribution in [0.3, 0.4) is 0 Å². The summed E-state index contributed by atoms with van der Waals surface area (Å²) in [7, 11) is 0. The van der Waals surface area contributed by atoms with Crippen molar-refractivity contribution < 1.29 is 9.18 Å². The molecule has 0 bridgehead atoms. The highest BCUT2D eigenvalue weighted by molar-refractivity contribution is 5.94. The number of hydrogen-bond acceptors (Lipinski definition) is 3. The number of aromatic nitrogens is 1. The van der Waals surface area contributed by atoms with Crippen LogP contribution in [0.15, 0.2) is 18.3 Å². The van der Waals surface area contributed by atoms with Crippen molar-refractivity contribution in [1.29, 1.82) is 0 Å². The van der Waals surface area contributed by atoms with Crippen LogP contribution in [0.25, 0.3) is 0 Å². The Labute approximate surface area is 86.9 Å². The number of carbonyl (C=O) groups excluding carboxylic acids is 1. The van der Waals surface area contributed by atoms with Crippen molar-refractivity contribution in [1.82, 2.24) is 4.98 Å². The summed E-state index contributed by atoms with van der Waals surface area (Å²) in [6, 6.07) is 2.80. The number of carbonyl (C=O) groups is 1. The zero-order valence-corrected chi connectivity index (χ0v) is 8.19. The van der Waals surface area contributed by atoms with E-state index in [4.69, 9.17) is 5.73 Å². The van der Waals surface area contributed by atoms with Crippen molar-refractivity contribution in [2.24, 2.45) is 11.7 Å². The first-order chi connectivity index (χ1) is 7.22. The van der Waals surface area contributed by atoms with Crippen molar-refractivity contribution in [2.75, 3.05) is 18.0 Å². The highest BCUT2D eigenvalue weighted by Crippen LogP contribution is 2.24. The molecule has 1 aromatic rings. The van der Waals surface area contributed by atoms with Crippen molar-refractivity contribution >= 4 is 11.7 Å². The number of amides is 1. The lowest BCUT2D eigenvalue weighted by Gasteiger charge is -2.15. The van der Waals surface area contributed by atoms with E-state index in [0.29, 0.717) is 19.5 Å². The lowest BCUT2D eigenvalue weighted by atomic mass is 10.1. The van der Waals surface area contributed by atoms with E-state index in [0.717, 1.165) is 0 Å². The third kappa shape index (κ3) is 1.83. The maximum atomic E-state index is 13.4. The van der Waals surface area contributed by atoms with Gasteiger partial charge in [-0.1, -0.05) is 0 Å². The van der Waals surface area contributed by atoms with Gasteiger partial charge in [0.05, 0.1) is 0 Å². The quantitative estimate of drug-likeness (QED) is 0.773. The van der Waals surface area contributed by atoms with Crippen LogP contribution in [0.2, 0.25) is 0 Å². The fourth-order valence-electron chi connectivity index (χ4n) is 1.72. The van der Waals surface area contributed by atoms with Gasteiger partial charge >= 0.3 is 0 Å². The van der Waals surface area contributed by atoms with E-state index in [-0.39, 0.29) is 17.6 Å². The van der Waals surface area contributed by atoms with Crippen LogP contribution in [0.4, 0.5) is 10.2 Å². The van der Waals surface area contributed by atoms with Gasteiger partial charge in [-0.05, 0) is 24.6 Å². The molecule has 5 heteroatoms.